The number of halogens is 1. The molecule has 2 rings (SSSR count). The fraction of sp³-hybridized carbons (Fsp3) is 0. The van der Waals surface area contributed by atoms with Gasteiger partial charge in [-0.05, 0) is 15.9 Å². The highest BCUT2D eigenvalue weighted by atomic mass is 79.9. The minimum absolute atomic E-state index is 0.0292. The van der Waals surface area contributed by atoms with Gasteiger partial charge in [0.1, 0.15) is 5.76 Å². The van der Waals surface area contributed by atoms with E-state index in [0.717, 1.165) is 0 Å². The van der Waals surface area contributed by atoms with E-state index in [1.807, 2.05) is 0 Å². The number of carbonyl (C=O) groups excluding carboxylic acids is 1. The van der Waals surface area contributed by atoms with Crippen LogP contribution in [0, 0.1) is 10.1 Å². The van der Waals surface area contributed by atoms with Crippen LogP contribution >= 0.6 is 15.9 Å². The molecule has 86 valence electrons. The lowest BCUT2D eigenvalue weighted by atomic mass is 10.1. The summed E-state index contributed by atoms with van der Waals surface area (Å²) >= 11 is 3.23. The predicted octanol–water partition coefficient (Wildman–Crippen LogP) is 3.43. The van der Waals surface area contributed by atoms with Gasteiger partial charge in [-0.1, -0.05) is 12.1 Å². The van der Waals surface area contributed by atoms with Crippen molar-refractivity contribution in [3.8, 4) is 11.3 Å². The van der Waals surface area contributed by atoms with Gasteiger partial charge in [0.05, 0.1) is 9.40 Å². The highest BCUT2D eigenvalue weighted by molar-refractivity contribution is 9.10. The Kier molecular flexibility index (Phi) is 3.06. The molecule has 5 nitrogen and oxygen atoms in total. The molecule has 1 aromatic heterocycles. The first kappa shape index (κ1) is 11.5. The summed E-state index contributed by atoms with van der Waals surface area (Å²) in [5, 5.41) is 10.6. The maximum Gasteiger partial charge on any atom is 0.270 e. The fourth-order valence-corrected chi connectivity index (χ4v) is 1.94. The first-order chi connectivity index (χ1) is 8.11. The molecule has 2 aromatic rings. The number of hydrogen-bond acceptors (Lipinski definition) is 4. The summed E-state index contributed by atoms with van der Waals surface area (Å²) in [5.41, 5.74) is 0.512. The molecule has 0 N–H and O–H groups in total. The highest BCUT2D eigenvalue weighted by Crippen LogP contribution is 2.32. The van der Waals surface area contributed by atoms with Gasteiger partial charge in [0.15, 0.2) is 12.0 Å². The third-order valence-corrected chi connectivity index (χ3v) is 2.73. The van der Waals surface area contributed by atoms with Crippen molar-refractivity contribution in [1.29, 1.82) is 0 Å². The smallest absolute Gasteiger partial charge is 0.270 e. The van der Waals surface area contributed by atoms with E-state index in [9.17, 15) is 14.9 Å². The molecule has 0 radical (unpaired) electrons. The van der Waals surface area contributed by atoms with E-state index >= 15 is 0 Å². The molecule has 0 amide bonds. The molecular weight excluding hydrogens is 290 g/mol. The van der Waals surface area contributed by atoms with E-state index in [2.05, 4.69) is 15.9 Å². The van der Waals surface area contributed by atoms with Gasteiger partial charge < -0.3 is 4.42 Å². The van der Waals surface area contributed by atoms with E-state index in [0.29, 0.717) is 22.1 Å². The quantitative estimate of drug-likeness (QED) is 0.494. The molecule has 0 atom stereocenters. The maximum absolute atomic E-state index is 10.6. The highest BCUT2D eigenvalue weighted by Gasteiger charge is 2.13. The number of hydrogen-bond donors (Lipinski definition) is 0. The average Bonchev–Trinajstić information content (AvgIpc) is 2.71. The van der Waals surface area contributed by atoms with Gasteiger partial charge in [-0.3, -0.25) is 14.9 Å². The minimum Gasteiger partial charge on any atom is -0.452 e. The normalized spacial score (nSPS) is 10.2. The molecule has 0 bridgehead atoms. The molecule has 0 spiro atoms. The van der Waals surface area contributed by atoms with Crippen LogP contribution in [-0.4, -0.2) is 11.2 Å². The molecule has 0 aliphatic carbocycles. The number of nitro groups is 1. The van der Waals surface area contributed by atoms with Crippen LogP contribution in [0.4, 0.5) is 5.69 Å². The minimum atomic E-state index is -0.485. The van der Waals surface area contributed by atoms with E-state index in [4.69, 9.17) is 4.42 Å². The number of nitro benzene ring substituents is 1. The Bertz CT molecular complexity index is 591. The SMILES string of the molecule is O=Cc1cc(Br)c(-c2cccc([N+](=O)[O-])c2)o1. The predicted molar refractivity (Wildman–Crippen MR) is 63.9 cm³/mol. The largest absolute Gasteiger partial charge is 0.452 e. The Morgan fingerprint density at radius 3 is 2.71 bits per heavy atom. The third kappa shape index (κ3) is 2.26. The summed E-state index contributed by atoms with van der Waals surface area (Å²) < 4.78 is 5.83. The van der Waals surface area contributed by atoms with Gasteiger partial charge >= 0.3 is 0 Å². The number of rotatable bonds is 3. The Morgan fingerprint density at radius 1 is 1.35 bits per heavy atom. The molecule has 0 saturated heterocycles. The zero-order chi connectivity index (χ0) is 12.4. The number of non-ortho nitro benzene ring substituents is 1. The van der Waals surface area contributed by atoms with Crippen LogP contribution in [0.2, 0.25) is 0 Å². The molecule has 0 aliphatic rings. The second kappa shape index (κ2) is 4.50. The Balaban J connectivity index is 2.52. The lowest BCUT2D eigenvalue weighted by Crippen LogP contribution is -1.87. The first-order valence-electron chi connectivity index (χ1n) is 4.61. The van der Waals surface area contributed by atoms with Crippen LogP contribution in [0.15, 0.2) is 39.2 Å². The van der Waals surface area contributed by atoms with E-state index < -0.39 is 4.92 Å². The van der Waals surface area contributed by atoms with Crippen molar-refractivity contribution in [1.82, 2.24) is 0 Å². The summed E-state index contributed by atoms with van der Waals surface area (Å²) in [4.78, 5) is 20.7. The van der Waals surface area contributed by atoms with Crippen LogP contribution in [0.25, 0.3) is 11.3 Å². The summed E-state index contributed by atoms with van der Waals surface area (Å²) in [7, 11) is 0. The molecule has 17 heavy (non-hydrogen) atoms. The van der Waals surface area contributed by atoms with Gasteiger partial charge in [0, 0.05) is 23.8 Å². The third-order valence-electron chi connectivity index (χ3n) is 2.14. The molecule has 0 saturated carbocycles. The lowest BCUT2D eigenvalue weighted by Gasteiger charge is -1.97. The van der Waals surface area contributed by atoms with Crippen molar-refractivity contribution in [2.75, 3.05) is 0 Å². The molecule has 0 fully saturated rings. The van der Waals surface area contributed by atoms with Crippen LogP contribution in [-0.2, 0) is 0 Å². The van der Waals surface area contributed by atoms with Crippen LogP contribution in [0.1, 0.15) is 10.6 Å². The summed E-state index contributed by atoms with van der Waals surface area (Å²) in [6.07, 6.45) is 0.575. The molecule has 6 heteroatoms. The van der Waals surface area contributed by atoms with E-state index in [1.54, 1.807) is 12.1 Å². The molecule has 0 unspecified atom stereocenters. The van der Waals surface area contributed by atoms with Crippen molar-refractivity contribution < 1.29 is 14.1 Å². The zero-order valence-corrected chi connectivity index (χ0v) is 10.0. The monoisotopic (exact) mass is 295 g/mol. The molecule has 1 aromatic carbocycles. The van der Waals surface area contributed by atoms with Crippen LogP contribution in [0.5, 0.6) is 0 Å². The number of aldehydes is 1. The first-order valence-corrected chi connectivity index (χ1v) is 5.40. The van der Waals surface area contributed by atoms with Crippen molar-refractivity contribution >= 4 is 27.9 Å². The van der Waals surface area contributed by atoms with Gasteiger partial charge in [-0.25, -0.2) is 0 Å². The van der Waals surface area contributed by atoms with Crippen molar-refractivity contribution in [3.63, 3.8) is 0 Å². The summed E-state index contributed by atoms with van der Waals surface area (Å²) in [6.45, 7) is 0. The second-order valence-corrected chi connectivity index (χ2v) is 4.11. The van der Waals surface area contributed by atoms with E-state index in [1.165, 1.54) is 18.2 Å². The van der Waals surface area contributed by atoms with Crippen LogP contribution in [0.3, 0.4) is 0 Å². The summed E-state index contributed by atoms with van der Waals surface area (Å²) in [5.74, 6) is 0.564. The molecular formula is C11H6BrNO4. The van der Waals surface area contributed by atoms with Gasteiger partial charge in [0.2, 0.25) is 0 Å². The number of carbonyl (C=O) groups is 1. The average molecular weight is 296 g/mol. The zero-order valence-electron chi connectivity index (χ0n) is 8.42. The van der Waals surface area contributed by atoms with Gasteiger partial charge in [0.25, 0.3) is 5.69 Å². The maximum atomic E-state index is 10.6. The van der Waals surface area contributed by atoms with Gasteiger partial charge in [-0.15, -0.1) is 0 Å². The second-order valence-electron chi connectivity index (χ2n) is 3.25. The van der Waals surface area contributed by atoms with Crippen LogP contribution < -0.4 is 0 Å². The van der Waals surface area contributed by atoms with Crippen molar-refractivity contribution in [2.24, 2.45) is 0 Å². The van der Waals surface area contributed by atoms with Crippen molar-refractivity contribution in [2.45, 2.75) is 0 Å². The lowest BCUT2D eigenvalue weighted by molar-refractivity contribution is -0.384. The summed E-state index contributed by atoms with van der Waals surface area (Å²) in [6, 6.07) is 7.52. The number of benzene rings is 1. The number of furan rings is 1. The fourth-order valence-electron chi connectivity index (χ4n) is 1.40. The van der Waals surface area contributed by atoms with Crippen molar-refractivity contribution in [3.05, 3.63) is 50.7 Å². The van der Waals surface area contributed by atoms with Gasteiger partial charge in [-0.2, -0.15) is 0 Å². The Morgan fingerprint density at radius 2 is 2.12 bits per heavy atom. The topological polar surface area (TPSA) is 73.3 Å². The van der Waals surface area contributed by atoms with E-state index in [-0.39, 0.29) is 11.4 Å². The standard InChI is InChI=1S/C11H6BrNO4/c12-10-5-9(6-14)17-11(10)7-2-1-3-8(4-7)13(15)16/h1-6H. The Hall–Kier alpha value is -1.95. The number of nitrogens with zero attached hydrogens (tertiary/aromatic N) is 1. The molecule has 1 heterocycles. The molecule has 0 aliphatic heterocycles. The Labute approximate surface area is 104 Å².